The second-order valence-electron chi connectivity index (χ2n) is 8.98. The number of fused-ring (bicyclic) bond motifs is 4. The van der Waals surface area contributed by atoms with Gasteiger partial charge in [-0.15, -0.1) is 0 Å². The van der Waals surface area contributed by atoms with E-state index in [0.717, 1.165) is 33.4 Å². The first kappa shape index (κ1) is 22.7. The van der Waals surface area contributed by atoms with E-state index in [1.165, 1.54) is 4.90 Å². The highest BCUT2D eigenvalue weighted by Gasteiger charge is 2.37. The van der Waals surface area contributed by atoms with E-state index in [1.54, 1.807) is 6.92 Å². The van der Waals surface area contributed by atoms with E-state index in [9.17, 15) is 19.5 Å². The molecule has 5 rings (SSSR count). The third kappa shape index (κ3) is 4.25. The van der Waals surface area contributed by atoms with Gasteiger partial charge in [0.15, 0.2) is 0 Å². The maximum absolute atomic E-state index is 13.1. The highest BCUT2D eigenvalue weighted by Crippen LogP contribution is 2.44. The highest BCUT2D eigenvalue weighted by molar-refractivity contribution is 5.89. The van der Waals surface area contributed by atoms with E-state index in [1.807, 2.05) is 60.7 Å². The summed E-state index contributed by atoms with van der Waals surface area (Å²) in [7, 11) is 0. The smallest absolute Gasteiger partial charge is 0.407 e. The number of carbonyl (C=O) groups is 3. The molecule has 2 aliphatic rings. The molecule has 2 amide bonds. The van der Waals surface area contributed by atoms with Crippen molar-refractivity contribution < 1.29 is 24.2 Å². The lowest BCUT2D eigenvalue weighted by Gasteiger charge is -2.36. The molecular formula is C28H26N2O5. The van der Waals surface area contributed by atoms with Crippen molar-refractivity contribution in [1.29, 1.82) is 0 Å². The Morgan fingerprint density at radius 2 is 1.51 bits per heavy atom. The number of nitrogens with one attached hydrogen (secondary N) is 1. The summed E-state index contributed by atoms with van der Waals surface area (Å²) in [5, 5.41) is 12.3. The van der Waals surface area contributed by atoms with Gasteiger partial charge in [-0.1, -0.05) is 72.8 Å². The lowest BCUT2D eigenvalue weighted by atomic mass is 9.93. The predicted molar refractivity (Wildman–Crippen MR) is 130 cm³/mol. The van der Waals surface area contributed by atoms with Crippen LogP contribution in [-0.4, -0.2) is 46.7 Å². The minimum Gasteiger partial charge on any atom is -0.480 e. The number of amides is 2. The van der Waals surface area contributed by atoms with Crippen LogP contribution in [0.1, 0.15) is 35.1 Å². The molecule has 0 aromatic heterocycles. The van der Waals surface area contributed by atoms with Crippen molar-refractivity contribution in [2.45, 2.75) is 37.9 Å². The maximum Gasteiger partial charge on any atom is 0.407 e. The number of carboxylic acids is 1. The lowest BCUT2D eigenvalue weighted by molar-refractivity contribution is -0.152. The Morgan fingerprint density at radius 3 is 2.14 bits per heavy atom. The average Bonchev–Trinajstić information content (AvgIpc) is 3.19. The minimum absolute atomic E-state index is 0.0888. The zero-order valence-corrected chi connectivity index (χ0v) is 19.3. The molecule has 35 heavy (non-hydrogen) atoms. The first-order valence-electron chi connectivity index (χ1n) is 11.7. The number of alkyl carbamates (subject to hydrolysis) is 1. The van der Waals surface area contributed by atoms with Crippen molar-refractivity contribution in [2.75, 3.05) is 6.61 Å². The van der Waals surface area contributed by atoms with Crippen molar-refractivity contribution in [3.63, 3.8) is 0 Å². The molecule has 7 nitrogen and oxygen atoms in total. The second kappa shape index (κ2) is 9.25. The Bertz CT molecular complexity index is 1260. The summed E-state index contributed by atoms with van der Waals surface area (Å²) in [6.45, 7) is 1.86. The van der Waals surface area contributed by atoms with E-state index in [4.69, 9.17) is 4.74 Å². The molecule has 0 bridgehead atoms. The summed E-state index contributed by atoms with van der Waals surface area (Å²) in [4.78, 5) is 38.9. The Hall–Kier alpha value is -4.13. The van der Waals surface area contributed by atoms with Crippen LogP contribution in [0.2, 0.25) is 0 Å². The fourth-order valence-corrected chi connectivity index (χ4v) is 5.10. The Balaban J connectivity index is 1.24. The molecule has 0 saturated heterocycles. The Kier molecular flexibility index (Phi) is 5.99. The molecule has 1 heterocycles. The van der Waals surface area contributed by atoms with Crippen molar-refractivity contribution in [1.82, 2.24) is 10.2 Å². The monoisotopic (exact) mass is 470 g/mol. The van der Waals surface area contributed by atoms with Crippen LogP contribution in [0.4, 0.5) is 4.79 Å². The standard InChI is InChI=1S/C28H26N2O5/c1-17(26(31)30-15-19-9-3-2-8-18(19)14-25(30)27(32)33)29-28(34)35-16-24-22-12-6-4-10-20(22)21-11-5-7-13-23(21)24/h2-13,17,24-25H,14-16H2,1H3,(H,29,34)(H,32,33)/t17-,25+/m0/s1. The van der Waals surface area contributed by atoms with Crippen LogP contribution in [0.15, 0.2) is 72.8 Å². The third-order valence-electron chi connectivity index (χ3n) is 6.87. The van der Waals surface area contributed by atoms with Crippen LogP contribution >= 0.6 is 0 Å². The Labute approximate surface area is 203 Å². The average molecular weight is 471 g/mol. The molecule has 0 saturated carbocycles. The van der Waals surface area contributed by atoms with Crippen LogP contribution in [0, 0.1) is 0 Å². The predicted octanol–water partition coefficient (Wildman–Crippen LogP) is 3.95. The fraction of sp³-hybridized carbons (Fsp3) is 0.250. The number of ether oxygens (including phenoxy) is 1. The fourth-order valence-electron chi connectivity index (χ4n) is 5.10. The molecule has 3 aromatic carbocycles. The van der Waals surface area contributed by atoms with Gasteiger partial charge in [-0.25, -0.2) is 9.59 Å². The van der Waals surface area contributed by atoms with Gasteiger partial charge in [0.1, 0.15) is 18.7 Å². The molecule has 1 aliphatic carbocycles. The maximum atomic E-state index is 13.1. The zero-order valence-electron chi connectivity index (χ0n) is 19.3. The van der Waals surface area contributed by atoms with E-state index in [2.05, 4.69) is 17.4 Å². The van der Waals surface area contributed by atoms with Gasteiger partial charge >= 0.3 is 12.1 Å². The summed E-state index contributed by atoms with van der Waals surface area (Å²) < 4.78 is 5.54. The van der Waals surface area contributed by atoms with Crippen LogP contribution in [0.25, 0.3) is 11.1 Å². The second-order valence-corrected chi connectivity index (χ2v) is 8.98. The number of carboxylic acid groups (broad SMARTS) is 1. The van der Waals surface area contributed by atoms with Crippen molar-refractivity contribution in [3.8, 4) is 11.1 Å². The van der Waals surface area contributed by atoms with Crippen LogP contribution < -0.4 is 5.32 Å². The SMILES string of the molecule is C[C@H](NC(=O)OCC1c2ccccc2-c2ccccc21)C(=O)N1Cc2ccccc2C[C@@H]1C(=O)O. The number of nitrogens with zero attached hydrogens (tertiary/aromatic N) is 1. The van der Waals surface area contributed by atoms with Crippen molar-refractivity contribution in [2.24, 2.45) is 0 Å². The topological polar surface area (TPSA) is 95.9 Å². The molecule has 0 radical (unpaired) electrons. The number of benzene rings is 3. The van der Waals surface area contributed by atoms with Gasteiger partial charge in [-0.05, 0) is 40.3 Å². The van der Waals surface area contributed by atoms with Gasteiger partial charge in [-0.2, -0.15) is 0 Å². The number of rotatable bonds is 5. The van der Waals surface area contributed by atoms with E-state index in [0.29, 0.717) is 0 Å². The summed E-state index contributed by atoms with van der Waals surface area (Å²) >= 11 is 0. The van der Waals surface area contributed by atoms with Crippen LogP contribution in [-0.2, 0) is 27.3 Å². The molecule has 2 N–H and O–H groups in total. The molecule has 0 fully saturated rings. The molecule has 0 spiro atoms. The van der Waals surface area contributed by atoms with Gasteiger partial charge in [0.2, 0.25) is 5.91 Å². The molecule has 7 heteroatoms. The number of aliphatic carboxylic acids is 1. The number of hydrogen-bond donors (Lipinski definition) is 2. The largest absolute Gasteiger partial charge is 0.480 e. The molecule has 178 valence electrons. The van der Waals surface area contributed by atoms with Gasteiger partial charge < -0.3 is 20.1 Å². The van der Waals surface area contributed by atoms with E-state index in [-0.39, 0.29) is 25.5 Å². The van der Waals surface area contributed by atoms with Gasteiger partial charge in [0.25, 0.3) is 0 Å². The molecular weight excluding hydrogens is 444 g/mol. The van der Waals surface area contributed by atoms with Crippen molar-refractivity contribution in [3.05, 3.63) is 95.1 Å². The Morgan fingerprint density at radius 1 is 0.943 bits per heavy atom. The summed E-state index contributed by atoms with van der Waals surface area (Å²) in [5.41, 5.74) is 6.29. The number of hydrogen-bond acceptors (Lipinski definition) is 4. The first-order valence-corrected chi connectivity index (χ1v) is 11.7. The summed E-state index contributed by atoms with van der Waals surface area (Å²) in [6.07, 6.45) is -0.480. The van der Waals surface area contributed by atoms with Crippen LogP contribution in [0.5, 0.6) is 0 Å². The quantitative estimate of drug-likeness (QED) is 0.589. The third-order valence-corrected chi connectivity index (χ3v) is 6.87. The van der Waals surface area contributed by atoms with E-state index >= 15 is 0 Å². The van der Waals surface area contributed by atoms with Crippen LogP contribution in [0.3, 0.4) is 0 Å². The van der Waals surface area contributed by atoms with Gasteiger partial charge in [-0.3, -0.25) is 4.79 Å². The summed E-state index contributed by atoms with van der Waals surface area (Å²) in [5.74, 6) is -1.62. The lowest BCUT2D eigenvalue weighted by Crippen LogP contribution is -2.54. The molecule has 3 aromatic rings. The van der Waals surface area contributed by atoms with Crippen molar-refractivity contribution >= 4 is 18.0 Å². The van der Waals surface area contributed by atoms with Gasteiger partial charge in [0, 0.05) is 18.9 Å². The van der Waals surface area contributed by atoms with Gasteiger partial charge in [0.05, 0.1) is 0 Å². The number of carbonyl (C=O) groups excluding carboxylic acids is 2. The summed E-state index contributed by atoms with van der Waals surface area (Å²) in [6, 6.07) is 21.7. The first-order chi connectivity index (χ1) is 16.9. The molecule has 0 unspecified atom stereocenters. The molecule has 1 aliphatic heterocycles. The highest BCUT2D eigenvalue weighted by atomic mass is 16.5. The minimum atomic E-state index is -1.07. The normalized spacial score (nSPS) is 17.1. The zero-order chi connectivity index (χ0) is 24.5. The van der Waals surface area contributed by atoms with E-state index < -0.39 is 30.1 Å². The molecule has 2 atom stereocenters.